The normalized spacial score (nSPS) is 14.4. The Labute approximate surface area is 202 Å². The van der Waals surface area contributed by atoms with Gasteiger partial charge in [-0.05, 0) is 25.3 Å². The minimum Gasteiger partial charge on any atom is -0.481 e. The van der Waals surface area contributed by atoms with Gasteiger partial charge in [0.1, 0.15) is 18.1 Å². The van der Waals surface area contributed by atoms with Crippen LogP contribution in [0.25, 0.3) is 0 Å². The maximum atomic E-state index is 13.0. The molecule has 14 heteroatoms. The Hall–Kier alpha value is -3.52. The van der Waals surface area contributed by atoms with Gasteiger partial charge in [-0.1, -0.05) is 20.3 Å². The van der Waals surface area contributed by atoms with Crippen molar-refractivity contribution in [1.82, 2.24) is 25.9 Å². The van der Waals surface area contributed by atoms with E-state index in [1.807, 2.05) is 0 Å². The number of carbonyl (C=O) groups excluding carboxylic acids is 3. The van der Waals surface area contributed by atoms with Crippen LogP contribution in [0.3, 0.4) is 0 Å². The number of amides is 3. The first kappa shape index (κ1) is 29.5. The SMILES string of the molecule is CC(C)C(NC(=O)C(N)CCCCN)C(=O)NC(Cc1cnc[nH]1)C(=O)NC(CC(=O)O)C(=O)O. The molecule has 0 aliphatic rings. The maximum Gasteiger partial charge on any atom is 0.326 e. The second-order valence-electron chi connectivity index (χ2n) is 8.46. The largest absolute Gasteiger partial charge is 0.481 e. The molecule has 3 amide bonds. The Morgan fingerprint density at radius 2 is 1.66 bits per heavy atom. The van der Waals surface area contributed by atoms with Gasteiger partial charge >= 0.3 is 11.9 Å². The lowest BCUT2D eigenvalue weighted by atomic mass is 10.0. The fourth-order valence-corrected chi connectivity index (χ4v) is 3.17. The van der Waals surface area contributed by atoms with Crippen molar-refractivity contribution in [2.75, 3.05) is 6.54 Å². The zero-order valence-electron chi connectivity index (χ0n) is 19.8. The first-order valence-electron chi connectivity index (χ1n) is 11.2. The van der Waals surface area contributed by atoms with E-state index >= 15 is 0 Å². The zero-order chi connectivity index (χ0) is 26.5. The van der Waals surface area contributed by atoms with Crippen LogP contribution in [0, 0.1) is 5.92 Å². The summed E-state index contributed by atoms with van der Waals surface area (Å²) in [6.45, 7) is 3.86. The second kappa shape index (κ2) is 14.7. The van der Waals surface area contributed by atoms with Crippen LogP contribution in [0.5, 0.6) is 0 Å². The Balaban J connectivity index is 2.98. The number of imidazole rings is 1. The number of unbranched alkanes of at least 4 members (excludes halogenated alkanes) is 1. The highest BCUT2D eigenvalue weighted by molar-refractivity contribution is 5.94. The summed E-state index contributed by atoms with van der Waals surface area (Å²) in [5.74, 6) is -5.45. The van der Waals surface area contributed by atoms with Crippen molar-refractivity contribution in [2.45, 2.75) is 70.1 Å². The van der Waals surface area contributed by atoms with E-state index in [-0.39, 0.29) is 12.3 Å². The van der Waals surface area contributed by atoms with Crippen molar-refractivity contribution < 1.29 is 34.2 Å². The number of carboxylic acid groups (broad SMARTS) is 2. The van der Waals surface area contributed by atoms with Crippen molar-refractivity contribution in [2.24, 2.45) is 17.4 Å². The van der Waals surface area contributed by atoms with E-state index in [9.17, 15) is 29.1 Å². The Kier molecular flexibility index (Phi) is 12.4. The van der Waals surface area contributed by atoms with E-state index in [1.54, 1.807) is 13.8 Å². The summed E-state index contributed by atoms with van der Waals surface area (Å²) in [5, 5.41) is 25.4. The van der Waals surface area contributed by atoms with Gasteiger partial charge in [0.25, 0.3) is 0 Å². The Morgan fingerprint density at radius 3 is 2.17 bits per heavy atom. The van der Waals surface area contributed by atoms with Gasteiger partial charge in [0.15, 0.2) is 0 Å². The third-order valence-electron chi connectivity index (χ3n) is 5.16. The number of nitrogens with zero attached hydrogens (tertiary/aromatic N) is 1. The number of rotatable bonds is 16. The molecule has 35 heavy (non-hydrogen) atoms. The maximum absolute atomic E-state index is 13.0. The molecule has 0 saturated heterocycles. The van der Waals surface area contributed by atoms with Crippen LogP contribution in [0.15, 0.2) is 12.5 Å². The number of hydrogen-bond donors (Lipinski definition) is 8. The molecule has 0 aliphatic carbocycles. The molecule has 196 valence electrons. The van der Waals surface area contributed by atoms with Crippen LogP contribution >= 0.6 is 0 Å². The van der Waals surface area contributed by atoms with Crippen molar-refractivity contribution >= 4 is 29.7 Å². The molecule has 1 rings (SSSR count). The van der Waals surface area contributed by atoms with Crippen LogP contribution in [-0.4, -0.2) is 80.6 Å². The summed E-state index contributed by atoms with van der Waals surface area (Å²) >= 11 is 0. The third kappa shape index (κ3) is 10.5. The first-order valence-corrected chi connectivity index (χ1v) is 11.2. The lowest BCUT2D eigenvalue weighted by molar-refractivity contribution is -0.147. The summed E-state index contributed by atoms with van der Waals surface area (Å²) in [7, 11) is 0. The Bertz CT molecular complexity index is 860. The highest BCUT2D eigenvalue weighted by atomic mass is 16.4. The van der Waals surface area contributed by atoms with Crippen LogP contribution in [0.1, 0.15) is 45.2 Å². The number of H-pyrrole nitrogens is 1. The molecule has 0 fully saturated rings. The molecule has 0 aromatic carbocycles. The molecule has 1 aromatic rings. The third-order valence-corrected chi connectivity index (χ3v) is 5.16. The number of aromatic amines is 1. The van der Waals surface area contributed by atoms with Gasteiger partial charge in [0, 0.05) is 18.3 Å². The second-order valence-corrected chi connectivity index (χ2v) is 8.46. The minimum absolute atomic E-state index is 0.0889. The molecule has 1 heterocycles. The topological polar surface area (TPSA) is 243 Å². The predicted molar refractivity (Wildman–Crippen MR) is 124 cm³/mol. The molecule has 0 saturated carbocycles. The number of nitrogens with one attached hydrogen (secondary N) is 4. The highest BCUT2D eigenvalue weighted by Crippen LogP contribution is 2.07. The summed E-state index contributed by atoms with van der Waals surface area (Å²) in [6.07, 6.45) is 3.59. The predicted octanol–water partition coefficient (Wildman–Crippen LogP) is -1.92. The number of carboxylic acids is 2. The summed E-state index contributed by atoms with van der Waals surface area (Å²) in [6, 6.07) is -4.86. The molecular weight excluding hydrogens is 462 g/mol. The molecule has 10 N–H and O–H groups in total. The molecule has 1 aromatic heterocycles. The number of hydrogen-bond acceptors (Lipinski definition) is 8. The quantitative estimate of drug-likeness (QED) is 0.118. The molecule has 0 spiro atoms. The first-order chi connectivity index (χ1) is 16.5. The smallest absolute Gasteiger partial charge is 0.326 e. The summed E-state index contributed by atoms with van der Waals surface area (Å²) in [5.41, 5.74) is 11.8. The van der Waals surface area contributed by atoms with Crippen molar-refractivity contribution in [1.29, 1.82) is 0 Å². The van der Waals surface area contributed by atoms with E-state index in [1.165, 1.54) is 12.5 Å². The fourth-order valence-electron chi connectivity index (χ4n) is 3.17. The minimum atomic E-state index is -1.70. The highest BCUT2D eigenvalue weighted by Gasteiger charge is 2.32. The van der Waals surface area contributed by atoms with Gasteiger partial charge < -0.3 is 42.6 Å². The van der Waals surface area contributed by atoms with Gasteiger partial charge in [-0.25, -0.2) is 9.78 Å². The van der Waals surface area contributed by atoms with Crippen LogP contribution in [-0.2, 0) is 30.4 Å². The van der Waals surface area contributed by atoms with Gasteiger partial charge in [-0.2, -0.15) is 0 Å². The summed E-state index contributed by atoms with van der Waals surface area (Å²) in [4.78, 5) is 67.3. The fraction of sp³-hybridized carbons (Fsp3) is 0.619. The van der Waals surface area contributed by atoms with Gasteiger partial charge in [-0.15, -0.1) is 0 Å². The van der Waals surface area contributed by atoms with E-state index in [4.69, 9.17) is 16.6 Å². The van der Waals surface area contributed by atoms with Crippen molar-refractivity contribution in [3.05, 3.63) is 18.2 Å². The number of nitrogens with two attached hydrogens (primary N) is 2. The lowest BCUT2D eigenvalue weighted by Crippen LogP contribution is -2.59. The van der Waals surface area contributed by atoms with Gasteiger partial charge in [0.05, 0.1) is 18.8 Å². The molecule has 0 radical (unpaired) electrons. The van der Waals surface area contributed by atoms with Crippen LogP contribution in [0.4, 0.5) is 0 Å². The van der Waals surface area contributed by atoms with Gasteiger partial charge in [0.2, 0.25) is 17.7 Å². The molecule has 14 nitrogen and oxygen atoms in total. The average Bonchev–Trinajstić information content (AvgIpc) is 3.28. The molecule has 4 atom stereocenters. The van der Waals surface area contributed by atoms with Crippen molar-refractivity contribution in [3.63, 3.8) is 0 Å². The average molecular weight is 498 g/mol. The molecule has 4 unspecified atom stereocenters. The number of aromatic nitrogens is 2. The van der Waals surface area contributed by atoms with Crippen LogP contribution in [0.2, 0.25) is 0 Å². The Morgan fingerprint density at radius 1 is 1.00 bits per heavy atom. The molecule has 0 aliphatic heterocycles. The van der Waals surface area contributed by atoms with Crippen LogP contribution < -0.4 is 27.4 Å². The molecule has 0 bridgehead atoms. The standard InChI is InChI=1S/C21H35N7O7/c1-11(2)17(28-18(31)13(23)5-3-4-6-22)20(33)26-14(7-12-9-24-10-25-12)19(32)27-15(21(34)35)8-16(29)30/h9-11,13-15,17H,3-8,22-23H2,1-2H3,(H,24,25)(H,26,33)(H,27,32)(H,28,31)(H,29,30)(H,34,35). The van der Waals surface area contributed by atoms with E-state index in [0.717, 1.165) is 0 Å². The monoisotopic (exact) mass is 497 g/mol. The lowest BCUT2D eigenvalue weighted by Gasteiger charge is -2.26. The molecular formula is C21H35N7O7. The van der Waals surface area contributed by atoms with E-state index < -0.39 is 60.2 Å². The van der Waals surface area contributed by atoms with Crippen molar-refractivity contribution in [3.8, 4) is 0 Å². The number of aliphatic carboxylic acids is 2. The van der Waals surface area contributed by atoms with Gasteiger partial charge in [-0.3, -0.25) is 19.2 Å². The van der Waals surface area contributed by atoms with E-state index in [0.29, 0.717) is 31.5 Å². The number of carbonyl (C=O) groups is 5. The van der Waals surface area contributed by atoms with E-state index in [2.05, 4.69) is 25.9 Å². The zero-order valence-corrected chi connectivity index (χ0v) is 19.8. The summed E-state index contributed by atoms with van der Waals surface area (Å²) < 4.78 is 0.